The van der Waals surface area contributed by atoms with Gasteiger partial charge in [-0.3, -0.25) is 0 Å². The minimum absolute atomic E-state index is 0.120. The highest BCUT2D eigenvalue weighted by Gasteiger charge is 2.28. The van der Waals surface area contributed by atoms with Crippen molar-refractivity contribution in [3.8, 4) is 0 Å². The number of amides is 2. The lowest BCUT2D eigenvalue weighted by atomic mass is 10.0. The van der Waals surface area contributed by atoms with Crippen LogP contribution in [0.1, 0.15) is 23.7 Å². The van der Waals surface area contributed by atoms with Crippen LogP contribution in [-0.2, 0) is 0 Å². The molecular formula is C14H18N2O4. The molecule has 1 saturated heterocycles. The molecule has 6 nitrogen and oxygen atoms in total. The summed E-state index contributed by atoms with van der Waals surface area (Å²) in [6, 6.07) is 5.78. The second kappa shape index (κ2) is 5.92. The van der Waals surface area contributed by atoms with E-state index in [1.54, 1.807) is 24.0 Å². The molecule has 0 aromatic heterocycles. The van der Waals surface area contributed by atoms with Crippen LogP contribution in [-0.4, -0.2) is 46.3 Å². The molecule has 0 radical (unpaired) electrons. The smallest absolute Gasteiger partial charge is 0.335 e. The first-order chi connectivity index (χ1) is 9.47. The molecule has 0 aliphatic carbocycles. The Kier molecular flexibility index (Phi) is 4.24. The third kappa shape index (κ3) is 3.27. The average Bonchev–Trinajstić information content (AvgIpc) is 2.89. The quantitative estimate of drug-likeness (QED) is 0.783. The highest BCUT2D eigenvalue weighted by atomic mass is 16.4. The number of nitrogens with zero attached hydrogens (tertiary/aromatic N) is 1. The third-order valence-corrected chi connectivity index (χ3v) is 3.58. The predicted molar refractivity (Wildman–Crippen MR) is 73.8 cm³/mol. The van der Waals surface area contributed by atoms with Crippen LogP contribution in [0.2, 0.25) is 0 Å². The van der Waals surface area contributed by atoms with Gasteiger partial charge in [0.25, 0.3) is 0 Å². The fourth-order valence-electron chi connectivity index (χ4n) is 2.26. The molecule has 0 saturated carbocycles. The van der Waals surface area contributed by atoms with E-state index in [2.05, 4.69) is 5.32 Å². The molecule has 6 heteroatoms. The monoisotopic (exact) mass is 278 g/mol. The number of hydrogen-bond acceptors (Lipinski definition) is 3. The first kappa shape index (κ1) is 14.3. The fourth-order valence-corrected chi connectivity index (χ4v) is 2.26. The summed E-state index contributed by atoms with van der Waals surface area (Å²) in [6.45, 7) is 2.89. The van der Waals surface area contributed by atoms with Gasteiger partial charge in [-0.25, -0.2) is 9.59 Å². The van der Waals surface area contributed by atoms with Gasteiger partial charge in [-0.1, -0.05) is 0 Å². The average molecular weight is 278 g/mol. The number of rotatable bonds is 3. The number of carboxylic acids is 1. The Balaban J connectivity index is 1.93. The van der Waals surface area contributed by atoms with Gasteiger partial charge in [-0.2, -0.15) is 0 Å². The number of aliphatic hydroxyl groups excluding tert-OH is 1. The van der Waals surface area contributed by atoms with Gasteiger partial charge in [0.2, 0.25) is 0 Å². The van der Waals surface area contributed by atoms with Gasteiger partial charge in [0, 0.05) is 24.7 Å². The van der Waals surface area contributed by atoms with E-state index in [1.807, 2.05) is 0 Å². The topological polar surface area (TPSA) is 89.9 Å². The van der Waals surface area contributed by atoms with E-state index < -0.39 is 12.1 Å². The molecular weight excluding hydrogens is 260 g/mol. The Morgan fingerprint density at radius 2 is 2.00 bits per heavy atom. The molecule has 2 rings (SSSR count). The molecule has 108 valence electrons. The summed E-state index contributed by atoms with van der Waals surface area (Å²) in [5.41, 5.74) is 0.735. The summed E-state index contributed by atoms with van der Waals surface area (Å²) in [4.78, 5) is 24.4. The minimum atomic E-state index is -0.998. The number of anilines is 1. The maximum Gasteiger partial charge on any atom is 0.335 e. The van der Waals surface area contributed by atoms with Crippen molar-refractivity contribution in [1.29, 1.82) is 0 Å². The minimum Gasteiger partial charge on any atom is -0.478 e. The summed E-state index contributed by atoms with van der Waals surface area (Å²) in [5, 5.41) is 21.0. The molecule has 20 heavy (non-hydrogen) atoms. The number of likely N-dealkylation sites (tertiary alicyclic amines) is 1. The lowest BCUT2D eigenvalue weighted by Crippen LogP contribution is -2.34. The van der Waals surface area contributed by atoms with Crippen LogP contribution in [0.4, 0.5) is 10.5 Å². The van der Waals surface area contributed by atoms with E-state index in [1.165, 1.54) is 12.1 Å². The number of carboxylic acid groups (broad SMARTS) is 1. The molecule has 1 aromatic rings. The van der Waals surface area contributed by atoms with Crippen molar-refractivity contribution >= 4 is 17.7 Å². The van der Waals surface area contributed by atoms with Crippen molar-refractivity contribution in [3.63, 3.8) is 0 Å². The van der Waals surface area contributed by atoms with Crippen LogP contribution < -0.4 is 5.32 Å². The molecule has 2 unspecified atom stereocenters. The number of carbonyl (C=O) groups excluding carboxylic acids is 1. The van der Waals surface area contributed by atoms with Gasteiger partial charge < -0.3 is 20.4 Å². The van der Waals surface area contributed by atoms with E-state index >= 15 is 0 Å². The van der Waals surface area contributed by atoms with Crippen LogP contribution in [0.3, 0.4) is 0 Å². The lowest BCUT2D eigenvalue weighted by Gasteiger charge is -2.18. The first-order valence-electron chi connectivity index (χ1n) is 6.54. The van der Waals surface area contributed by atoms with Crippen LogP contribution in [0.15, 0.2) is 24.3 Å². The van der Waals surface area contributed by atoms with Crippen molar-refractivity contribution < 1.29 is 19.8 Å². The zero-order valence-electron chi connectivity index (χ0n) is 11.2. The molecule has 0 spiro atoms. The van der Waals surface area contributed by atoms with Crippen molar-refractivity contribution in [3.05, 3.63) is 29.8 Å². The molecule has 0 bridgehead atoms. The summed E-state index contributed by atoms with van der Waals surface area (Å²) in [6.07, 6.45) is 0.380. The number of aromatic carboxylic acids is 1. The van der Waals surface area contributed by atoms with Gasteiger partial charge in [0.05, 0.1) is 11.7 Å². The van der Waals surface area contributed by atoms with Crippen LogP contribution >= 0.6 is 0 Å². The Morgan fingerprint density at radius 3 is 2.50 bits per heavy atom. The zero-order chi connectivity index (χ0) is 14.7. The van der Waals surface area contributed by atoms with Gasteiger partial charge in [0.15, 0.2) is 0 Å². The van der Waals surface area contributed by atoms with Crippen molar-refractivity contribution in [2.24, 2.45) is 5.92 Å². The van der Waals surface area contributed by atoms with Gasteiger partial charge >= 0.3 is 12.0 Å². The van der Waals surface area contributed by atoms with Crippen LogP contribution in [0, 0.1) is 5.92 Å². The first-order valence-corrected chi connectivity index (χ1v) is 6.54. The standard InChI is InChI=1S/C14H18N2O4/c1-9(17)11-6-7-16(8-11)14(20)15-12-4-2-10(3-5-12)13(18)19/h2-5,9,11,17H,6-8H2,1H3,(H,15,20)(H,18,19). The maximum absolute atomic E-state index is 12.0. The summed E-state index contributed by atoms with van der Waals surface area (Å²) in [7, 11) is 0. The van der Waals surface area contributed by atoms with Gasteiger partial charge in [-0.15, -0.1) is 0 Å². The fraction of sp³-hybridized carbons (Fsp3) is 0.429. The Hall–Kier alpha value is -2.08. The lowest BCUT2D eigenvalue weighted by molar-refractivity contribution is 0.0697. The second-order valence-electron chi connectivity index (χ2n) is 5.05. The van der Waals surface area contributed by atoms with E-state index in [-0.39, 0.29) is 17.5 Å². The number of nitrogens with one attached hydrogen (secondary N) is 1. The largest absolute Gasteiger partial charge is 0.478 e. The number of carbonyl (C=O) groups is 2. The zero-order valence-corrected chi connectivity index (χ0v) is 11.2. The van der Waals surface area contributed by atoms with Gasteiger partial charge in [0.1, 0.15) is 0 Å². The number of hydrogen-bond donors (Lipinski definition) is 3. The normalized spacial score (nSPS) is 19.7. The predicted octanol–water partition coefficient (Wildman–Crippen LogP) is 1.62. The Bertz CT molecular complexity index is 498. The van der Waals surface area contributed by atoms with Crippen LogP contribution in [0.25, 0.3) is 0 Å². The van der Waals surface area contributed by atoms with E-state index in [0.717, 1.165) is 6.42 Å². The van der Waals surface area contributed by atoms with Crippen LogP contribution in [0.5, 0.6) is 0 Å². The van der Waals surface area contributed by atoms with Crippen molar-refractivity contribution in [1.82, 2.24) is 4.90 Å². The Morgan fingerprint density at radius 1 is 1.35 bits per heavy atom. The molecule has 3 N–H and O–H groups in total. The Labute approximate surface area is 117 Å². The SMILES string of the molecule is CC(O)C1CCN(C(=O)Nc2ccc(C(=O)O)cc2)C1. The molecule has 1 heterocycles. The summed E-state index contributed by atoms with van der Waals surface area (Å²) >= 11 is 0. The molecule has 1 aromatic carbocycles. The third-order valence-electron chi connectivity index (χ3n) is 3.58. The highest BCUT2D eigenvalue weighted by Crippen LogP contribution is 2.20. The molecule has 1 aliphatic heterocycles. The van der Waals surface area contributed by atoms with E-state index in [0.29, 0.717) is 18.8 Å². The summed E-state index contributed by atoms with van der Waals surface area (Å²) < 4.78 is 0. The maximum atomic E-state index is 12.0. The van der Waals surface area contributed by atoms with E-state index in [4.69, 9.17) is 5.11 Å². The number of urea groups is 1. The van der Waals surface area contributed by atoms with Crippen molar-refractivity contribution in [2.75, 3.05) is 18.4 Å². The number of benzene rings is 1. The summed E-state index contributed by atoms with van der Waals surface area (Å²) in [5.74, 6) is -0.877. The highest BCUT2D eigenvalue weighted by molar-refractivity contribution is 5.91. The molecule has 1 aliphatic rings. The number of aliphatic hydroxyl groups is 1. The second-order valence-corrected chi connectivity index (χ2v) is 5.05. The molecule has 2 amide bonds. The molecule has 2 atom stereocenters. The van der Waals surface area contributed by atoms with Crippen molar-refractivity contribution in [2.45, 2.75) is 19.4 Å². The molecule has 1 fully saturated rings. The van der Waals surface area contributed by atoms with Gasteiger partial charge in [-0.05, 0) is 37.6 Å². The van der Waals surface area contributed by atoms with E-state index in [9.17, 15) is 14.7 Å².